The molecule has 0 aromatic heterocycles. The van der Waals surface area contributed by atoms with Crippen LogP contribution in [0.15, 0.2) is 18.2 Å². The third kappa shape index (κ3) is 4.38. The first-order valence-electron chi connectivity index (χ1n) is 7.04. The van der Waals surface area contributed by atoms with Crippen LogP contribution in [-0.2, 0) is 11.2 Å². The van der Waals surface area contributed by atoms with E-state index in [1.165, 1.54) is 12.1 Å². The minimum atomic E-state index is -0.854. The van der Waals surface area contributed by atoms with Crippen LogP contribution in [0.4, 0.5) is 8.78 Å². The highest BCUT2D eigenvalue weighted by Crippen LogP contribution is 2.30. The van der Waals surface area contributed by atoms with Gasteiger partial charge < -0.3 is 11.1 Å². The summed E-state index contributed by atoms with van der Waals surface area (Å²) in [6, 6.07) is 4.08. The van der Waals surface area contributed by atoms with Gasteiger partial charge in [-0.1, -0.05) is 18.6 Å². The summed E-state index contributed by atoms with van der Waals surface area (Å²) in [7, 11) is 0. The highest BCUT2D eigenvalue weighted by molar-refractivity contribution is 5.85. The van der Waals surface area contributed by atoms with Crippen LogP contribution in [0.5, 0.6) is 0 Å². The summed E-state index contributed by atoms with van der Waals surface area (Å²) in [5.74, 6) is -1.48. The van der Waals surface area contributed by atoms with E-state index in [0.717, 1.165) is 25.3 Å². The van der Waals surface area contributed by atoms with Crippen molar-refractivity contribution in [3.8, 4) is 0 Å². The van der Waals surface area contributed by atoms with Crippen molar-refractivity contribution in [1.29, 1.82) is 0 Å². The molecule has 0 saturated heterocycles. The van der Waals surface area contributed by atoms with Gasteiger partial charge in [-0.15, -0.1) is 12.4 Å². The maximum Gasteiger partial charge on any atom is 0.223 e. The smallest absolute Gasteiger partial charge is 0.223 e. The number of hydrogen-bond acceptors (Lipinski definition) is 2. The lowest BCUT2D eigenvalue weighted by atomic mass is 9.95. The van der Waals surface area contributed by atoms with Crippen molar-refractivity contribution < 1.29 is 13.6 Å². The monoisotopic (exact) mass is 318 g/mol. The van der Waals surface area contributed by atoms with Gasteiger partial charge in [0.1, 0.15) is 0 Å². The second-order valence-corrected chi connectivity index (χ2v) is 5.29. The van der Waals surface area contributed by atoms with Crippen LogP contribution in [0.1, 0.15) is 24.8 Å². The number of amides is 1. The zero-order valence-electron chi connectivity index (χ0n) is 11.8. The average molecular weight is 319 g/mol. The zero-order chi connectivity index (χ0) is 14.5. The maximum atomic E-state index is 13.4. The quantitative estimate of drug-likeness (QED) is 0.876. The molecule has 0 radical (unpaired) electrons. The summed E-state index contributed by atoms with van der Waals surface area (Å²) < 4.78 is 26.5. The molecule has 0 heterocycles. The van der Waals surface area contributed by atoms with Crippen LogP contribution < -0.4 is 11.1 Å². The highest BCUT2D eigenvalue weighted by Gasteiger charge is 2.31. The molecular formula is C15H21ClF2N2O. The summed E-state index contributed by atoms with van der Waals surface area (Å²) in [6.07, 6.45) is 3.17. The number of carbonyl (C=O) groups is 1. The van der Waals surface area contributed by atoms with Crippen LogP contribution >= 0.6 is 12.4 Å². The fourth-order valence-electron chi connectivity index (χ4n) is 2.86. The SMILES string of the molecule is Cl.NC[C@H]1CCC[C@H]1C(=O)NCCc1cccc(F)c1F. The zero-order valence-corrected chi connectivity index (χ0v) is 12.6. The second kappa shape index (κ2) is 8.29. The normalized spacial score (nSPS) is 20.9. The van der Waals surface area contributed by atoms with Gasteiger partial charge in [0.25, 0.3) is 0 Å². The molecule has 1 aromatic carbocycles. The van der Waals surface area contributed by atoms with Gasteiger partial charge in [0, 0.05) is 12.5 Å². The Bertz CT molecular complexity index is 485. The standard InChI is InChI=1S/C15H20F2N2O.ClH/c16-13-6-2-3-10(14(13)17)7-8-19-15(20)12-5-1-4-11(12)9-18;/h2-3,6,11-12H,1,4-5,7-9,18H2,(H,19,20);1H/t11-,12-;/m1./s1. The van der Waals surface area contributed by atoms with E-state index in [-0.39, 0.29) is 42.1 Å². The van der Waals surface area contributed by atoms with E-state index in [1.807, 2.05) is 0 Å². The van der Waals surface area contributed by atoms with Gasteiger partial charge in [0.2, 0.25) is 5.91 Å². The lowest BCUT2D eigenvalue weighted by Crippen LogP contribution is -2.36. The topological polar surface area (TPSA) is 55.1 Å². The number of nitrogens with two attached hydrogens (primary N) is 1. The number of halogens is 3. The van der Waals surface area contributed by atoms with E-state index in [9.17, 15) is 13.6 Å². The third-order valence-corrected chi connectivity index (χ3v) is 4.02. The van der Waals surface area contributed by atoms with Crippen LogP contribution in [0.3, 0.4) is 0 Å². The molecule has 3 nitrogen and oxygen atoms in total. The molecule has 6 heteroatoms. The molecule has 2 rings (SSSR count). The fraction of sp³-hybridized carbons (Fsp3) is 0.533. The van der Waals surface area contributed by atoms with Crippen LogP contribution in [-0.4, -0.2) is 19.0 Å². The van der Waals surface area contributed by atoms with E-state index in [1.54, 1.807) is 0 Å². The van der Waals surface area contributed by atoms with Crippen molar-refractivity contribution in [2.45, 2.75) is 25.7 Å². The molecule has 1 aliphatic rings. The van der Waals surface area contributed by atoms with E-state index in [2.05, 4.69) is 5.32 Å². The van der Waals surface area contributed by atoms with Gasteiger partial charge in [-0.2, -0.15) is 0 Å². The lowest BCUT2D eigenvalue weighted by Gasteiger charge is -2.17. The molecule has 0 unspecified atom stereocenters. The van der Waals surface area contributed by atoms with Crippen molar-refractivity contribution in [2.75, 3.05) is 13.1 Å². The fourth-order valence-corrected chi connectivity index (χ4v) is 2.86. The van der Waals surface area contributed by atoms with Gasteiger partial charge in [-0.05, 0) is 43.4 Å². The van der Waals surface area contributed by atoms with Crippen molar-refractivity contribution in [3.63, 3.8) is 0 Å². The minimum Gasteiger partial charge on any atom is -0.356 e. The first-order valence-corrected chi connectivity index (χ1v) is 7.04. The Balaban J connectivity index is 0.00000220. The molecule has 1 amide bonds. The highest BCUT2D eigenvalue weighted by atomic mass is 35.5. The van der Waals surface area contributed by atoms with Gasteiger partial charge in [-0.25, -0.2) is 8.78 Å². The first kappa shape index (κ1) is 17.9. The minimum absolute atomic E-state index is 0. The van der Waals surface area contributed by atoms with Gasteiger partial charge >= 0.3 is 0 Å². The van der Waals surface area contributed by atoms with Crippen molar-refractivity contribution >= 4 is 18.3 Å². The van der Waals surface area contributed by atoms with Crippen molar-refractivity contribution in [2.24, 2.45) is 17.6 Å². The summed E-state index contributed by atoms with van der Waals surface area (Å²) in [4.78, 5) is 12.0. The molecule has 3 N–H and O–H groups in total. The predicted octanol–water partition coefficient (Wildman–Crippen LogP) is 2.42. The van der Waals surface area contributed by atoms with Gasteiger partial charge in [-0.3, -0.25) is 4.79 Å². The maximum absolute atomic E-state index is 13.4. The van der Waals surface area contributed by atoms with E-state index < -0.39 is 11.6 Å². The lowest BCUT2D eigenvalue weighted by molar-refractivity contribution is -0.125. The molecule has 0 bridgehead atoms. The van der Waals surface area contributed by atoms with Crippen molar-refractivity contribution in [3.05, 3.63) is 35.4 Å². The summed E-state index contributed by atoms with van der Waals surface area (Å²) >= 11 is 0. The Morgan fingerprint density at radius 3 is 2.81 bits per heavy atom. The molecule has 0 aliphatic heterocycles. The third-order valence-electron chi connectivity index (χ3n) is 4.02. The number of hydrogen-bond donors (Lipinski definition) is 2. The molecule has 1 aliphatic carbocycles. The van der Waals surface area contributed by atoms with Crippen molar-refractivity contribution in [1.82, 2.24) is 5.32 Å². The first-order chi connectivity index (χ1) is 9.63. The van der Waals surface area contributed by atoms with E-state index in [4.69, 9.17) is 5.73 Å². The van der Waals surface area contributed by atoms with Gasteiger partial charge in [0.05, 0.1) is 0 Å². The van der Waals surface area contributed by atoms with E-state index in [0.29, 0.717) is 13.1 Å². The summed E-state index contributed by atoms with van der Waals surface area (Å²) in [5.41, 5.74) is 5.93. The Morgan fingerprint density at radius 1 is 1.33 bits per heavy atom. The molecule has 2 atom stereocenters. The number of carbonyl (C=O) groups excluding carboxylic acids is 1. The summed E-state index contributed by atoms with van der Waals surface area (Å²) in [5, 5.41) is 2.80. The molecule has 1 aromatic rings. The Labute approximate surface area is 129 Å². The second-order valence-electron chi connectivity index (χ2n) is 5.29. The Morgan fingerprint density at radius 2 is 2.10 bits per heavy atom. The largest absolute Gasteiger partial charge is 0.356 e. The average Bonchev–Trinajstić information content (AvgIpc) is 2.92. The molecule has 21 heavy (non-hydrogen) atoms. The molecule has 118 valence electrons. The molecule has 1 saturated carbocycles. The Hall–Kier alpha value is -1.20. The Kier molecular flexibility index (Phi) is 7.05. The molecule has 0 spiro atoms. The van der Waals surface area contributed by atoms with Crippen LogP contribution in [0, 0.1) is 23.5 Å². The van der Waals surface area contributed by atoms with Crippen LogP contribution in [0.25, 0.3) is 0 Å². The van der Waals surface area contributed by atoms with E-state index >= 15 is 0 Å². The van der Waals surface area contributed by atoms with Gasteiger partial charge in [0.15, 0.2) is 11.6 Å². The molecular weight excluding hydrogens is 298 g/mol. The molecule has 1 fully saturated rings. The number of benzene rings is 1. The predicted molar refractivity (Wildman–Crippen MR) is 80.2 cm³/mol. The van der Waals surface area contributed by atoms with Crippen LogP contribution in [0.2, 0.25) is 0 Å². The number of rotatable bonds is 5. The summed E-state index contributed by atoms with van der Waals surface area (Å²) in [6.45, 7) is 0.837. The number of nitrogens with one attached hydrogen (secondary N) is 1.